The van der Waals surface area contributed by atoms with Crippen LogP contribution in [0, 0.1) is 11.3 Å². The molecular weight excluding hydrogens is 302 g/mol. The lowest BCUT2D eigenvalue weighted by Crippen LogP contribution is -2.19. The van der Waals surface area contributed by atoms with E-state index in [1.807, 2.05) is 19.2 Å². The molecule has 0 atom stereocenters. The monoisotopic (exact) mass is 319 g/mol. The predicted octanol–water partition coefficient (Wildman–Crippen LogP) is 2.56. The fraction of sp³-hybridized carbons (Fsp3) is 0.167. The zero-order valence-electron chi connectivity index (χ0n) is 13.3. The third-order valence-corrected chi connectivity index (χ3v) is 3.75. The molecule has 0 unspecified atom stereocenters. The number of rotatable bonds is 4. The first-order valence-electron chi connectivity index (χ1n) is 7.68. The van der Waals surface area contributed by atoms with Gasteiger partial charge in [0.1, 0.15) is 0 Å². The summed E-state index contributed by atoms with van der Waals surface area (Å²) < 4.78 is 3.36. The molecule has 3 aromatic rings. The molecule has 1 aromatic carbocycles. The van der Waals surface area contributed by atoms with Gasteiger partial charge in [-0.15, -0.1) is 0 Å². The Labute approximate surface area is 139 Å². The van der Waals surface area contributed by atoms with Crippen LogP contribution in [0.25, 0.3) is 16.8 Å². The minimum atomic E-state index is -0.0294. The molecule has 0 fully saturated rings. The van der Waals surface area contributed by atoms with Crippen molar-refractivity contribution in [2.45, 2.75) is 19.9 Å². The Bertz CT molecular complexity index is 978. The van der Waals surface area contributed by atoms with Crippen molar-refractivity contribution in [3.63, 3.8) is 0 Å². The average Bonchev–Trinajstić information content (AvgIpc) is 3.06. The number of nitrogen functional groups attached to an aromatic ring is 1. The summed E-state index contributed by atoms with van der Waals surface area (Å²) in [6.45, 7) is 2.69. The molecule has 3 rings (SSSR count). The largest absolute Gasteiger partial charge is 0.399 e. The molecule has 0 aliphatic rings. The summed E-state index contributed by atoms with van der Waals surface area (Å²) in [6.07, 6.45) is 6.20. The second kappa shape index (κ2) is 6.42. The predicted molar refractivity (Wildman–Crippen MR) is 92.7 cm³/mol. The van der Waals surface area contributed by atoms with Crippen molar-refractivity contribution in [2.24, 2.45) is 0 Å². The molecular formula is C18H17N5O. The van der Waals surface area contributed by atoms with Crippen LogP contribution in [0.1, 0.15) is 18.9 Å². The highest BCUT2D eigenvalue weighted by atomic mass is 16.1. The van der Waals surface area contributed by atoms with Gasteiger partial charge < -0.3 is 10.3 Å². The van der Waals surface area contributed by atoms with Gasteiger partial charge in [-0.2, -0.15) is 10.4 Å². The van der Waals surface area contributed by atoms with Crippen molar-refractivity contribution < 1.29 is 0 Å². The normalized spacial score (nSPS) is 10.5. The van der Waals surface area contributed by atoms with E-state index in [1.165, 1.54) is 6.07 Å². The second-order valence-electron chi connectivity index (χ2n) is 5.51. The number of nitrogens with zero attached hydrogens (tertiary/aromatic N) is 4. The zero-order chi connectivity index (χ0) is 17.1. The molecule has 2 aromatic heterocycles. The maximum Gasteiger partial charge on any atom is 0.250 e. The maximum atomic E-state index is 11.8. The van der Waals surface area contributed by atoms with E-state index in [1.54, 1.807) is 39.8 Å². The zero-order valence-corrected chi connectivity index (χ0v) is 13.3. The summed E-state index contributed by atoms with van der Waals surface area (Å²) in [5.74, 6) is 0. The number of benzene rings is 1. The van der Waals surface area contributed by atoms with Crippen LogP contribution >= 0.6 is 0 Å². The van der Waals surface area contributed by atoms with Crippen LogP contribution in [0.4, 0.5) is 5.69 Å². The third kappa shape index (κ3) is 2.92. The van der Waals surface area contributed by atoms with Crippen molar-refractivity contribution in [1.82, 2.24) is 14.3 Å². The van der Waals surface area contributed by atoms with E-state index in [9.17, 15) is 10.1 Å². The molecule has 0 aliphatic heterocycles. The number of aryl methyl sites for hydroxylation is 1. The molecule has 0 saturated carbocycles. The third-order valence-electron chi connectivity index (χ3n) is 3.75. The number of aromatic nitrogens is 3. The summed E-state index contributed by atoms with van der Waals surface area (Å²) in [6, 6.07) is 10.6. The van der Waals surface area contributed by atoms with Crippen LogP contribution in [0.3, 0.4) is 0 Å². The summed E-state index contributed by atoms with van der Waals surface area (Å²) >= 11 is 0. The molecule has 2 N–H and O–H groups in total. The van der Waals surface area contributed by atoms with Crippen molar-refractivity contribution in [2.75, 3.05) is 5.73 Å². The fourth-order valence-corrected chi connectivity index (χ4v) is 2.58. The molecule has 0 amide bonds. The van der Waals surface area contributed by atoms with Gasteiger partial charge in [-0.05, 0) is 24.6 Å². The number of hydrogen-bond donors (Lipinski definition) is 1. The lowest BCUT2D eigenvalue weighted by molar-refractivity contribution is 0.648. The van der Waals surface area contributed by atoms with Crippen LogP contribution in [0.15, 0.2) is 53.7 Å². The summed E-state index contributed by atoms with van der Waals surface area (Å²) in [5, 5.41) is 13.6. The van der Waals surface area contributed by atoms with Gasteiger partial charge in [-0.3, -0.25) is 4.79 Å². The van der Waals surface area contributed by atoms with Gasteiger partial charge in [0.05, 0.1) is 23.5 Å². The van der Waals surface area contributed by atoms with E-state index in [0.29, 0.717) is 17.8 Å². The van der Waals surface area contributed by atoms with Gasteiger partial charge in [0.25, 0.3) is 5.56 Å². The quantitative estimate of drug-likeness (QED) is 0.748. The lowest BCUT2D eigenvalue weighted by Gasteiger charge is -2.07. The number of nitriles is 1. The summed E-state index contributed by atoms with van der Waals surface area (Å²) in [5.41, 5.74) is 9.15. The number of pyridine rings is 1. The van der Waals surface area contributed by atoms with Gasteiger partial charge in [0, 0.05) is 41.8 Å². The van der Waals surface area contributed by atoms with Crippen molar-refractivity contribution in [3.8, 4) is 22.9 Å². The van der Waals surface area contributed by atoms with Gasteiger partial charge in [0.15, 0.2) is 0 Å². The lowest BCUT2D eigenvalue weighted by atomic mass is 10.0. The first kappa shape index (κ1) is 15.6. The molecule has 2 heterocycles. The molecule has 120 valence electrons. The fourth-order valence-electron chi connectivity index (χ4n) is 2.58. The Morgan fingerprint density at radius 1 is 1.25 bits per heavy atom. The van der Waals surface area contributed by atoms with Crippen LogP contribution in [-0.2, 0) is 6.54 Å². The summed E-state index contributed by atoms with van der Waals surface area (Å²) in [7, 11) is 0. The smallest absolute Gasteiger partial charge is 0.250 e. The highest BCUT2D eigenvalue weighted by molar-refractivity contribution is 5.72. The van der Waals surface area contributed by atoms with Crippen LogP contribution in [0.2, 0.25) is 0 Å². The molecule has 0 saturated heterocycles. The minimum absolute atomic E-state index is 0.0294. The minimum Gasteiger partial charge on any atom is -0.399 e. The Morgan fingerprint density at radius 2 is 2.08 bits per heavy atom. The van der Waals surface area contributed by atoms with E-state index in [0.717, 1.165) is 23.2 Å². The van der Waals surface area contributed by atoms with E-state index < -0.39 is 0 Å². The van der Waals surface area contributed by atoms with E-state index in [2.05, 4.69) is 11.2 Å². The van der Waals surface area contributed by atoms with Crippen LogP contribution < -0.4 is 11.3 Å². The first-order chi connectivity index (χ1) is 11.6. The van der Waals surface area contributed by atoms with Crippen molar-refractivity contribution in [3.05, 3.63) is 64.8 Å². The average molecular weight is 319 g/mol. The number of hydrogen-bond acceptors (Lipinski definition) is 4. The summed E-state index contributed by atoms with van der Waals surface area (Å²) in [4.78, 5) is 11.8. The number of anilines is 1. The van der Waals surface area contributed by atoms with Gasteiger partial charge in [-0.25, -0.2) is 4.68 Å². The molecule has 0 bridgehead atoms. The van der Waals surface area contributed by atoms with Gasteiger partial charge in [0.2, 0.25) is 0 Å². The SMILES string of the molecule is CCCn1cc(-n2cc(-c3ccc(N)cc3C#N)cn2)ccc1=O. The molecule has 0 spiro atoms. The van der Waals surface area contributed by atoms with Gasteiger partial charge >= 0.3 is 0 Å². The molecule has 0 radical (unpaired) electrons. The molecule has 0 aliphatic carbocycles. The Morgan fingerprint density at radius 3 is 2.83 bits per heavy atom. The molecule has 24 heavy (non-hydrogen) atoms. The highest BCUT2D eigenvalue weighted by Crippen LogP contribution is 2.25. The molecule has 6 nitrogen and oxygen atoms in total. The Kier molecular flexibility index (Phi) is 4.17. The topological polar surface area (TPSA) is 89.6 Å². The van der Waals surface area contributed by atoms with Gasteiger partial charge in [-0.1, -0.05) is 13.0 Å². The highest BCUT2D eigenvalue weighted by Gasteiger charge is 2.09. The van der Waals surface area contributed by atoms with E-state index in [4.69, 9.17) is 5.73 Å². The standard InChI is InChI=1S/C18H17N5O/c1-2-7-22-12-16(4-6-18(22)24)23-11-14(10-21-23)17-5-3-15(20)8-13(17)9-19/h3-6,8,10-12H,2,7,20H2,1H3. The van der Waals surface area contributed by atoms with Crippen molar-refractivity contribution >= 4 is 5.69 Å². The van der Waals surface area contributed by atoms with Crippen molar-refractivity contribution in [1.29, 1.82) is 5.26 Å². The van der Waals surface area contributed by atoms with Crippen LogP contribution in [0.5, 0.6) is 0 Å². The Hall–Kier alpha value is -3.33. The van der Waals surface area contributed by atoms with E-state index in [-0.39, 0.29) is 5.56 Å². The Balaban J connectivity index is 2.02. The number of nitrogens with two attached hydrogens (primary N) is 1. The molecule has 6 heteroatoms. The first-order valence-corrected chi connectivity index (χ1v) is 7.68. The van der Waals surface area contributed by atoms with Crippen LogP contribution in [-0.4, -0.2) is 14.3 Å². The maximum absolute atomic E-state index is 11.8. The van der Waals surface area contributed by atoms with E-state index >= 15 is 0 Å². The second-order valence-corrected chi connectivity index (χ2v) is 5.51.